The number of amides is 1. The van der Waals surface area contributed by atoms with Crippen molar-refractivity contribution in [1.82, 2.24) is 5.32 Å². The molecule has 1 rings (SSSR count). The molecule has 0 aliphatic heterocycles. The Kier molecular flexibility index (Phi) is 3.31. The summed E-state index contributed by atoms with van der Waals surface area (Å²) in [6.07, 6.45) is 4.42. The van der Waals surface area contributed by atoms with E-state index in [4.69, 9.17) is 5.73 Å². The third-order valence-corrected chi connectivity index (χ3v) is 3.02. The molecule has 1 amide bonds. The molecule has 0 unspecified atom stereocenters. The molecule has 0 heterocycles. The monoisotopic (exact) mass is 184 g/mol. The Balaban J connectivity index is 2.41. The predicted molar refractivity (Wildman–Crippen MR) is 53.2 cm³/mol. The average molecular weight is 184 g/mol. The lowest BCUT2D eigenvalue weighted by Crippen LogP contribution is -2.48. The Morgan fingerprint density at radius 2 is 2.08 bits per heavy atom. The van der Waals surface area contributed by atoms with Crippen molar-refractivity contribution in [3.63, 3.8) is 0 Å². The molecule has 0 aromatic rings. The fourth-order valence-electron chi connectivity index (χ4n) is 2.10. The summed E-state index contributed by atoms with van der Waals surface area (Å²) in [5.74, 6) is 0.746. The summed E-state index contributed by atoms with van der Waals surface area (Å²) in [7, 11) is 0. The van der Waals surface area contributed by atoms with Crippen molar-refractivity contribution in [2.24, 2.45) is 11.7 Å². The second-order valence-electron chi connectivity index (χ2n) is 4.42. The van der Waals surface area contributed by atoms with Crippen molar-refractivity contribution in [1.29, 1.82) is 0 Å². The van der Waals surface area contributed by atoms with Gasteiger partial charge >= 0.3 is 0 Å². The van der Waals surface area contributed by atoms with Crippen LogP contribution in [0.15, 0.2) is 0 Å². The maximum absolute atomic E-state index is 10.9. The van der Waals surface area contributed by atoms with Crippen LogP contribution in [0.3, 0.4) is 0 Å². The van der Waals surface area contributed by atoms with E-state index in [0.29, 0.717) is 5.92 Å². The van der Waals surface area contributed by atoms with Crippen LogP contribution in [0.4, 0.5) is 0 Å². The summed E-state index contributed by atoms with van der Waals surface area (Å²) < 4.78 is 0. The molecule has 76 valence electrons. The molecule has 3 heteroatoms. The smallest absolute Gasteiger partial charge is 0.217 e. The van der Waals surface area contributed by atoms with Gasteiger partial charge in [0, 0.05) is 12.5 Å². The molecule has 0 aromatic heterocycles. The lowest BCUT2D eigenvalue weighted by molar-refractivity contribution is -0.121. The van der Waals surface area contributed by atoms with Gasteiger partial charge in [-0.15, -0.1) is 0 Å². The van der Waals surface area contributed by atoms with Crippen LogP contribution in [0, 0.1) is 5.92 Å². The minimum Gasteiger partial charge on any atom is -0.351 e. The highest BCUT2D eigenvalue weighted by atomic mass is 16.1. The highest BCUT2D eigenvalue weighted by Gasteiger charge is 2.30. The molecular weight excluding hydrogens is 164 g/mol. The van der Waals surface area contributed by atoms with Crippen molar-refractivity contribution in [2.45, 2.75) is 45.1 Å². The van der Waals surface area contributed by atoms with Crippen LogP contribution in [0.25, 0.3) is 0 Å². The largest absolute Gasteiger partial charge is 0.351 e. The van der Waals surface area contributed by atoms with E-state index >= 15 is 0 Å². The van der Waals surface area contributed by atoms with Gasteiger partial charge in [-0.1, -0.05) is 0 Å². The van der Waals surface area contributed by atoms with Crippen LogP contribution in [-0.2, 0) is 4.79 Å². The van der Waals surface area contributed by atoms with Gasteiger partial charge in [0.05, 0.1) is 0 Å². The lowest BCUT2D eigenvalue weighted by Gasteiger charge is -2.37. The molecule has 0 aromatic carbocycles. The van der Waals surface area contributed by atoms with E-state index < -0.39 is 0 Å². The van der Waals surface area contributed by atoms with Crippen LogP contribution < -0.4 is 11.1 Å². The van der Waals surface area contributed by atoms with Crippen LogP contribution in [0.1, 0.15) is 39.5 Å². The minimum absolute atomic E-state index is 0.0253. The van der Waals surface area contributed by atoms with Crippen molar-refractivity contribution in [3.8, 4) is 0 Å². The number of nitrogens with two attached hydrogens (primary N) is 1. The Labute approximate surface area is 80.1 Å². The molecule has 3 N–H and O–H groups in total. The van der Waals surface area contributed by atoms with Crippen LogP contribution >= 0.6 is 0 Å². The molecule has 1 fully saturated rings. The number of rotatable bonds is 2. The normalized spacial score (nSPS) is 34.2. The number of hydrogen-bond acceptors (Lipinski definition) is 2. The van der Waals surface area contributed by atoms with Crippen molar-refractivity contribution in [2.75, 3.05) is 6.54 Å². The topological polar surface area (TPSA) is 55.1 Å². The number of carbonyl (C=O) groups excluding carboxylic acids is 1. The molecule has 0 bridgehead atoms. The quantitative estimate of drug-likeness (QED) is 0.673. The van der Waals surface area contributed by atoms with E-state index in [1.54, 1.807) is 6.92 Å². The van der Waals surface area contributed by atoms with Gasteiger partial charge in [0.1, 0.15) is 0 Å². The van der Waals surface area contributed by atoms with Gasteiger partial charge in [0.15, 0.2) is 0 Å². The molecule has 0 radical (unpaired) electrons. The van der Waals surface area contributed by atoms with Crippen LogP contribution in [0.2, 0.25) is 0 Å². The first-order chi connectivity index (χ1) is 6.06. The summed E-state index contributed by atoms with van der Waals surface area (Å²) in [6, 6.07) is 0. The van der Waals surface area contributed by atoms with Crippen molar-refractivity contribution < 1.29 is 4.79 Å². The van der Waals surface area contributed by atoms with E-state index in [0.717, 1.165) is 32.2 Å². The highest BCUT2D eigenvalue weighted by Crippen LogP contribution is 2.31. The zero-order chi connectivity index (χ0) is 9.90. The second kappa shape index (κ2) is 4.09. The Hall–Kier alpha value is -0.570. The second-order valence-corrected chi connectivity index (χ2v) is 4.42. The lowest BCUT2D eigenvalue weighted by atomic mass is 9.77. The fraction of sp³-hybridized carbons (Fsp3) is 0.900. The van der Waals surface area contributed by atoms with Crippen molar-refractivity contribution >= 4 is 5.91 Å². The van der Waals surface area contributed by atoms with Gasteiger partial charge in [0.2, 0.25) is 5.91 Å². The van der Waals surface area contributed by atoms with Gasteiger partial charge in [-0.25, -0.2) is 0 Å². The average Bonchev–Trinajstić information content (AvgIpc) is 2.04. The summed E-state index contributed by atoms with van der Waals surface area (Å²) in [5.41, 5.74) is 5.63. The minimum atomic E-state index is 0.0253. The zero-order valence-corrected chi connectivity index (χ0v) is 8.60. The van der Waals surface area contributed by atoms with Gasteiger partial charge in [-0.05, 0) is 45.1 Å². The van der Waals surface area contributed by atoms with E-state index in [9.17, 15) is 4.79 Å². The Morgan fingerprint density at radius 3 is 2.46 bits per heavy atom. The first kappa shape index (κ1) is 10.5. The van der Waals surface area contributed by atoms with E-state index in [-0.39, 0.29) is 11.4 Å². The van der Waals surface area contributed by atoms with Crippen LogP contribution in [0.5, 0.6) is 0 Å². The fourth-order valence-corrected chi connectivity index (χ4v) is 2.10. The van der Waals surface area contributed by atoms with E-state index in [1.807, 2.05) is 0 Å². The molecule has 1 aliphatic carbocycles. The molecular formula is C10H20N2O. The van der Waals surface area contributed by atoms with Gasteiger partial charge in [0.25, 0.3) is 0 Å². The zero-order valence-electron chi connectivity index (χ0n) is 8.60. The van der Waals surface area contributed by atoms with E-state index in [1.165, 1.54) is 0 Å². The Morgan fingerprint density at radius 1 is 1.54 bits per heavy atom. The number of nitrogens with one attached hydrogen (secondary N) is 1. The molecule has 13 heavy (non-hydrogen) atoms. The maximum Gasteiger partial charge on any atom is 0.217 e. The summed E-state index contributed by atoms with van der Waals surface area (Å²) in [5, 5.41) is 3.02. The molecule has 0 saturated heterocycles. The molecule has 0 spiro atoms. The van der Waals surface area contributed by atoms with Gasteiger partial charge in [-0.3, -0.25) is 4.79 Å². The van der Waals surface area contributed by atoms with Gasteiger partial charge in [-0.2, -0.15) is 0 Å². The number of carbonyl (C=O) groups is 1. The summed E-state index contributed by atoms with van der Waals surface area (Å²) in [6.45, 7) is 4.50. The third-order valence-electron chi connectivity index (χ3n) is 3.02. The maximum atomic E-state index is 10.9. The molecule has 1 aliphatic rings. The highest BCUT2D eigenvalue weighted by molar-refractivity contribution is 5.73. The van der Waals surface area contributed by atoms with Crippen LogP contribution in [-0.4, -0.2) is 18.0 Å². The SMILES string of the molecule is CC(=O)NC1(C)CCC(CN)CC1. The molecule has 0 atom stereocenters. The first-order valence-electron chi connectivity index (χ1n) is 5.04. The summed E-state index contributed by atoms with van der Waals surface area (Å²) in [4.78, 5) is 10.9. The number of hydrogen-bond donors (Lipinski definition) is 2. The van der Waals surface area contributed by atoms with Gasteiger partial charge < -0.3 is 11.1 Å². The third kappa shape index (κ3) is 2.99. The van der Waals surface area contributed by atoms with E-state index in [2.05, 4.69) is 12.2 Å². The predicted octanol–water partition coefficient (Wildman–Crippen LogP) is 1.03. The summed E-state index contributed by atoms with van der Waals surface area (Å²) >= 11 is 0. The molecule has 3 nitrogen and oxygen atoms in total. The first-order valence-corrected chi connectivity index (χ1v) is 5.04. The Bertz CT molecular complexity index is 183. The molecule has 1 saturated carbocycles. The standard InChI is InChI=1S/C10H20N2O/c1-8(13)12-10(2)5-3-9(7-11)4-6-10/h9H,3-7,11H2,1-2H3,(H,12,13). The van der Waals surface area contributed by atoms with Crippen molar-refractivity contribution in [3.05, 3.63) is 0 Å².